The molecule has 1 aromatic carbocycles. The molecule has 3 N–H and O–H groups in total. The van der Waals surface area contributed by atoms with Crippen LogP contribution in [0, 0.1) is 5.92 Å². The van der Waals surface area contributed by atoms with Crippen molar-refractivity contribution in [3.8, 4) is 0 Å². The first kappa shape index (κ1) is 25.7. The van der Waals surface area contributed by atoms with Crippen LogP contribution in [0.15, 0.2) is 24.3 Å². The lowest BCUT2D eigenvalue weighted by Crippen LogP contribution is -2.57. The van der Waals surface area contributed by atoms with E-state index in [2.05, 4.69) is 16.0 Å². The highest BCUT2D eigenvalue weighted by atomic mass is 16.5. The molecule has 1 aliphatic carbocycles. The first-order valence-corrected chi connectivity index (χ1v) is 12.2. The second-order valence-electron chi connectivity index (χ2n) is 9.49. The zero-order valence-electron chi connectivity index (χ0n) is 20.1. The Balaban J connectivity index is 1.51. The monoisotopic (exact) mass is 472 g/mol. The number of benzene rings is 1. The number of carbonyl (C=O) groups excluding carboxylic acids is 4. The second kappa shape index (κ2) is 12.5. The van der Waals surface area contributed by atoms with Crippen molar-refractivity contribution in [2.24, 2.45) is 5.92 Å². The number of carbonyl (C=O) groups is 4. The second-order valence-corrected chi connectivity index (χ2v) is 9.49. The molecule has 9 heteroatoms. The van der Waals surface area contributed by atoms with Gasteiger partial charge in [-0.2, -0.15) is 0 Å². The Morgan fingerprint density at radius 3 is 2.50 bits per heavy atom. The number of rotatable bonds is 9. The van der Waals surface area contributed by atoms with Gasteiger partial charge in [-0.15, -0.1) is 0 Å². The number of ether oxygens (including phenoxy) is 1. The summed E-state index contributed by atoms with van der Waals surface area (Å²) in [5.41, 5.74) is 1.12. The maximum atomic E-state index is 12.6. The van der Waals surface area contributed by atoms with E-state index >= 15 is 0 Å². The molecule has 2 fully saturated rings. The van der Waals surface area contributed by atoms with Crippen LogP contribution in [0.25, 0.3) is 0 Å². The molecule has 1 saturated heterocycles. The molecule has 0 bridgehead atoms. The molecule has 9 nitrogen and oxygen atoms in total. The van der Waals surface area contributed by atoms with E-state index < -0.39 is 12.0 Å². The van der Waals surface area contributed by atoms with Crippen LogP contribution in [0.3, 0.4) is 0 Å². The third-order valence-corrected chi connectivity index (χ3v) is 6.10. The molecule has 1 unspecified atom stereocenters. The number of esters is 1. The molecule has 0 spiro atoms. The van der Waals surface area contributed by atoms with E-state index in [0.717, 1.165) is 25.7 Å². The molecule has 1 saturated carbocycles. The van der Waals surface area contributed by atoms with Gasteiger partial charge < -0.3 is 20.7 Å². The molecular formula is C25H36N4O5. The standard InChI is InChI=1S/C25H36N4O5/c1-17(2)16-34-23(31)14-21-25(33)26-12-13-29(21)15-22(30)27-20-10-8-18(9-11-20)24(32)28-19-6-4-3-5-7-19/h8-11,17,19,21H,3-7,12-16H2,1-2H3,(H,26,33)(H,27,30)(H,28,32). The number of amides is 3. The maximum Gasteiger partial charge on any atom is 0.307 e. The van der Waals surface area contributed by atoms with E-state index in [0.29, 0.717) is 30.9 Å². The largest absolute Gasteiger partial charge is 0.465 e. The van der Waals surface area contributed by atoms with Crippen LogP contribution in [-0.4, -0.2) is 66.9 Å². The van der Waals surface area contributed by atoms with Gasteiger partial charge in [0.05, 0.1) is 19.6 Å². The van der Waals surface area contributed by atoms with E-state index in [1.807, 2.05) is 13.8 Å². The molecule has 1 aliphatic heterocycles. The van der Waals surface area contributed by atoms with Gasteiger partial charge in [0.15, 0.2) is 0 Å². The minimum absolute atomic E-state index is 0.0283. The van der Waals surface area contributed by atoms with E-state index in [4.69, 9.17) is 4.74 Å². The normalized spacial score (nSPS) is 19.4. The van der Waals surface area contributed by atoms with Crippen molar-refractivity contribution in [1.82, 2.24) is 15.5 Å². The lowest BCUT2D eigenvalue weighted by molar-refractivity contribution is -0.149. The van der Waals surface area contributed by atoms with Crippen molar-refractivity contribution < 1.29 is 23.9 Å². The summed E-state index contributed by atoms with van der Waals surface area (Å²) in [6.07, 6.45) is 5.46. The summed E-state index contributed by atoms with van der Waals surface area (Å²) in [6.45, 7) is 5.01. The fourth-order valence-corrected chi connectivity index (χ4v) is 4.26. The molecule has 0 aromatic heterocycles. The quantitative estimate of drug-likeness (QED) is 0.474. The van der Waals surface area contributed by atoms with E-state index in [1.165, 1.54) is 6.42 Å². The van der Waals surface area contributed by atoms with E-state index in [1.54, 1.807) is 29.2 Å². The van der Waals surface area contributed by atoms with Crippen LogP contribution < -0.4 is 16.0 Å². The van der Waals surface area contributed by atoms with Crippen molar-refractivity contribution >= 4 is 29.4 Å². The van der Waals surface area contributed by atoms with Crippen molar-refractivity contribution in [2.45, 2.75) is 64.5 Å². The Hall–Kier alpha value is -2.94. The topological polar surface area (TPSA) is 117 Å². The first-order chi connectivity index (χ1) is 16.3. The van der Waals surface area contributed by atoms with Crippen molar-refractivity contribution in [1.29, 1.82) is 0 Å². The molecule has 0 radical (unpaired) electrons. The molecule has 34 heavy (non-hydrogen) atoms. The van der Waals surface area contributed by atoms with Gasteiger partial charge in [0.25, 0.3) is 5.91 Å². The van der Waals surface area contributed by atoms with Crippen molar-refractivity contribution in [3.05, 3.63) is 29.8 Å². The number of hydrogen-bond donors (Lipinski definition) is 3. The zero-order valence-corrected chi connectivity index (χ0v) is 20.1. The van der Waals surface area contributed by atoms with Gasteiger partial charge in [-0.1, -0.05) is 33.1 Å². The Bertz CT molecular complexity index is 865. The fourth-order valence-electron chi connectivity index (χ4n) is 4.26. The number of piperazine rings is 1. The van der Waals surface area contributed by atoms with Gasteiger partial charge in [-0.05, 0) is 43.0 Å². The molecule has 186 valence electrons. The maximum absolute atomic E-state index is 12.6. The lowest BCUT2D eigenvalue weighted by Gasteiger charge is -2.33. The smallest absolute Gasteiger partial charge is 0.307 e. The van der Waals surface area contributed by atoms with E-state index in [-0.39, 0.29) is 42.6 Å². The van der Waals surface area contributed by atoms with Crippen LogP contribution in [0.5, 0.6) is 0 Å². The van der Waals surface area contributed by atoms with Crippen LogP contribution >= 0.6 is 0 Å². The summed E-state index contributed by atoms with van der Waals surface area (Å²) in [5, 5.41) is 8.63. The van der Waals surface area contributed by atoms with E-state index in [9.17, 15) is 19.2 Å². The van der Waals surface area contributed by atoms with Gasteiger partial charge >= 0.3 is 5.97 Å². The Morgan fingerprint density at radius 1 is 1.12 bits per heavy atom. The SMILES string of the molecule is CC(C)COC(=O)CC1C(=O)NCCN1CC(=O)Nc1ccc(C(=O)NC2CCCCC2)cc1. The summed E-state index contributed by atoms with van der Waals surface area (Å²) in [7, 11) is 0. The lowest BCUT2D eigenvalue weighted by atomic mass is 9.95. The molecule has 2 aliphatic rings. The number of nitrogens with one attached hydrogen (secondary N) is 3. The van der Waals surface area contributed by atoms with Gasteiger partial charge in [-0.25, -0.2) is 0 Å². The van der Waals surface area contributed by atoms with Crippen molar-refractivity contribution in [3.63, 3.8) is 0 Å². The Kier molecular flexibility index (Phi) is 9.44. The predicted octanol–water partition coefficient (Wildman–Crippen LogP) is 2.08. The number of hydrogen-bond acceptors (Lipinski definition) is 6. The molecule has 1 heterocycles. The summed E-state index contributed by atoms with van der Waals surface area (Å²) in [4.78, 5) is 51.3. The highest BCUT2D eigenvalue weighted by Gasteiger charge is 2.33. The minimum atomic E-state index is -0.745. The average Bonchev–Trinajstić information content (AvgIpc) is 2.81. The summed E-state index contributed by atoms with van der Waals surface area (Å²) in [5.74, 6) is -0.932. The van der Waals surface area contributed by atoms with Gasteiger partial charge in [-0.3, -0.25) is 24.1 Å². The molecule has 1 aromatic rings. The van der Waals surface area contributed by atoms with Crippen LogP contribution in [0.1, 0.15) is 62.7 Å². The minimum Gasteiger partial charge on any atom is -0.465 e. The third-order valence-electron chi connectivity index (χ3n) is 6.10. The predicted molar refractivity (Wildman–Crippen MR) is 128 cm³/mol. The van der Waals surface area contributed by atoms with Crippen molar-refractivity contribution in [2.75, 3.05) is 31.6 Å². The number of anilines is 1. The summed E-state index contributed by atoms with van der Waals surface area (Å²) < 4.78 is 5.20. The average molecular weight is 473 g/mol. The van der Waals surface area contributed by atoms with Gasteiger partial charge in [0.2, 0.25) is 11.8 Å². The van der Waals surface area contributed by atoms with Crippen LogP contribution in [0.4, 0.5) is 5.69 Å². The van der Waals surface area contributed by atoms with Gasteiger partial charge in [0, 0.05) is 30.4 Å². The highest BCUT2D eigenvalue weighted by Crippen LogP contribution is 2.18. The fraction of sp³-hybridized carbons (Fsp3) is 0.600. The highest BCUT2D eigenvalue weighted by molar-refractivity contribution is 5.96. The van der Waals surface area contributed by atoms with Gasteiger partial charge in [0.1, 0.15) is 6.04 Å². The Morgan fingerprint density at radius 2 is 1.82 bits per heavy atom. The molecule has 3 amide bonds. The zero-order chi connectivity index (χ0) is 24.5. The molecule has 1 atom stereocenters. The molecular weight excluding hydrogens is 436 g/mol. The van der Waals surface area contributed by atoms with Crippen LogP contribution in [-0.2, 0) is 19.1 Å². The first-order valence-electron chi connectivity index (χ1n) is 12.2. The molecule has 3 rings (SSSR count). The number of nitrogens with zero attached hydrogens (tertiary/aromatic N) is 1. The Labute approximate surface area is 201 Å². The van der Waals surface area contributed by atoms with Crippen LogP contribution in [0.2, 0.25) is 0 Å². The summed E-state index contributed by atoms with van der Waals surface area (Å²) in [6, 6.07) is 6.25. The summed E-state index contributed by atoms with van der Waals surface area (Å²) >= 11 is 0. The third kappa shape index (κ3) is 7.83.